The highest BCUT2D eigenvalue weighted by Crippen LogP contribution is 2.29. The number of alkyl halides is 2. The maximum absolute atomic E-state index is 12.8. The van der Waals surface area contributed by atoms with Crippen LogP contribution in [0.5, 0.6) is 0 Å². The van der Waals surface area contributed by atoms with Crippen LogP contribution in [0.3, 0.4) is 0 Å². The van der Waals surface area contributed by atoms with Crippen molar-refractivity contribution in [2.75, 3.05) is 0 Å². The van der Waals surface area contributed by atoms with Gasteiger partial charge in [0.2, 0.25) is 11.5 Å². The van der Waals surface area contributed by atoms with Gasteiger partial charge in [-0.2, -0.15) is 4.39 Å². The highest BCUT2D eigenvalue weighted by Gasteiger charge is 2.26. The zero-order valence-corrected chi connectivity index (χ0v) is 7.96. The normalized spacial score (nSPS) is 10.6. The van der Waals surface area contributed by atoms with E-state index in [-0.39, 0.29) is 4.47 Å². The minimum atomic E-state index is -3.00. The van der Waals surface area contributed by atoms with E-state index < -0.39 is 28.7 Å². The van der Waals surface area contributed by atoms with Crippen LogP contribution in [0, 0.1) is 15.9 Å². The predicted molar refractivity (Wildman–Crippen MR) is 43.5 cm³/mol. The van der Waals surface area contributed by atoms with Gasteiger partial charge in [0.1, 0.15) is 0 Å². The Bertz CT molecular complexity index is 386. The molecule has 0 unspecified atom stereocenters. The number of nitro groups is 1. The molecule has 0 saturated carbocycles. The van der Waals surface area contributed by atoms with Crippen molar-refractivity contribution in [1.29, 1.82) is 0 Å². The summed E-state index contributed by atoms with van der Waals surface area (Å²) >= 11 is 2.63. The van der Waals surface area contributed by atoms with Crippen LogP contribution in [0.15, 0.2) is 10.5 Å². The number of aromatic nitrogens is 1. The Morgan fingerprint density at radius 2 is 2.14 bits per heavy atom. The fourth-order valence-corrected chi connectivity index (χ4v) is 1.21. The number of nitrogens with zero attached hydrogens (tertiary/aromatic N) is 2. The summed E-state index contributed by atoms with van der Waals surface area (Å²) in [5.74, 6) is -2.46. The predicted octanol–water partition coefficient (Wildman–Crippen LogP) is 2.83. The van der Waals surface area contributed by atoms with Gasteiger partial charge in [-0.3, -0.25) is 0 Å². The fourth-order valence-electron chi connectivity index (χ4n) is 0.752. The number of halogens is 4. The van der Waals surface area contributed by atoms with Crippen LogP contribution in [0.25, 0.3) is 0 Å². The van der Waals surface area contributed by atoms with Gasteiger partial charge >= 0.3 is 12.2 Å². The topological polar surface area (TPSA) is 56.0 Å². The van der Waals surface area contributed by atoms with Gasteiger partial charge in [-0.1, -0.05) is 0 Å². The number of hydrogen-bond acceptors (Lipinski definition) is 3. The largest absolute Gasteiger partial charge is 0.400 e. The summed E-state index contributed by atoms with van der Waals surface area (Å²) in [4.78, 5) is 11.9. The van der Waals surface area contributed by atoms with Gasteiger partial charge in [0, 0.05) is 6.07 Å². The molecule has 0 amide bonds. The Morgan fingerprint density at radius 3 is 2.57 bits per heavy atom. The highest BCUT2D eigenvalue weighted by atomic mass is 79.9. The Labute approximate surface area is 84.0 Å². The molecule has 14 heavy (non-hydrogen) atoms. The second-order valence-electron chi connectivity index (χ2n) is 2.22. The molecule has 1 heterocycles. The van der Waals surface area contributed by atoms with Gasteiger partial charge in [-0.05, 0) is 25.8 Å². The van der Waals surface area contributed by atoms with Gasteiger partial charge in [-0.25, -0.2) is 8.78 Å². The smallest absolute Gasteiger partial charge is 0.358 e. The third kappa shape index (κ3) is 2.00. The maximum atomic E-state index is 12.8. The molecule has 0 aliphatic carbocycles. The number of hydrogen-bond donors (Lipinski definition) is 0. The first-order valence-corrected chi connectivity index (χ1v) is 4.01. The molecule has 8 heteroatoms. The van der Waals surface area contributed by atoms with E-state index in [0.717, 1.165) is 0 Å². The summed E-state index contributed by atoms with van der Waals surface area (Å²) in [6, 6.07) is 0.590. The molecule has 0 radical (unpaired) electrons. The molecule has 0 aromatic carbocycles. The van der Waals surface area contributed by atoms with Crippen LogP contribution in [-0.4, -0.2) is 9.91 Å². The van der Waals surface area contributed by atoms with Crippen molar-refractivity contribution in [3.8, 4) is 0 Å². The van der Waals surface area contributed by atoms with E-state index in [9.17, 15) is 23.3 Å². The zero-order chi connectivity index (χ0) is 10.9. The Balaban J connectivity index is 3.34. The van der Waals surface area contributed by atoms with Gasteiger partial charge in [0.15, 0.2) is 0 Å². The molecule has 4 nitrogen and oxygen atoms in total. The van der Waals surface area contributed by atoms with Gasteiger partial charge in [0.05, 0.1) is 4.47 Å². The average Bonchev–Trinajstić information content (AvgIpc) is 2.02. The third-order valence-electron chi connectivity index (χ3n) is 1.32. The van der Waals surface area contributed by atoms with Crippen molar-refractivity contribution in [2.45, 2.75) is 6.43 Å². The van der Waals surface area contributed by atoms with E-state index in [1.54, 1.807) is 0 Å². The Morgan fingerprint density at radius 1 is 1.57 bits per heavy atom. The van der Waals surface area contributed by atoms with Crippen molar-refractivity contribution in [2.24, 2.45) is 0 Å². The molecule has 76 valence electrons. The second-order valence-corrected chi connectivity index (χ2v) is 3.07. The van der Waals surface area contributed by atoms with Crippen LogP contribution in [0.4, 0.5) is 19.0 Å². The van der Waals surface area contributed by atoms with Gasteiger partial charge < -0.3 is 10.1 Å². The first-order valence-electron chi connectivity index (χ1n) is 3.22. The molecular weight excluding hydrogens is 269 g/mol. The standard InChI is InChI=1S/C6H2BrF3N2O2/c7-2-1-3(8)6(12(13)14)11-4(2)5(9)10/h1,5H. The van der Waals surface area contributed by atoms with Crippen molar-refractivity contribution in [1.82, 2.24) is 4.98 Å². The zero-order valence-electron chi connectivity index (χ0n) is 6.38. The van der Waals surface area contributed by atoms with Crippen LogP contribution in [0.2, 0.25) is 0 Å². The fraction of sp³-hybridized carbons (Fsp3) is 0.167. The maximum Gasteiger partial charge on any atom is 0.400 e. The molecule has 0 fully saturated rings. The van der Waals surface area contributed by atoms with E-state index in [1.807, 2.05) is 0 Å². The van der Waals surface area contributed by atoms with Crippen LogP contribution in [0.1, 0.15) is 12.1 Å². The second kappa shape index (κ2) is 3.91. The minimum absolute atomic E-state index is 0.296. The lowest BCUT2D eigenvalue weighted by Gasteiger charge is -1.99. The van der Waals surface area contributed by atoms with E-state index in [0.29, 0.717) is 6.07 Å². The first kappa shape index (κ1) is 10.9. The molecule has 0 bridgehead atoms. The Hall–Kier alpha value is -1.18. The molecule has 1 aromatic rings. The first-order chi connectivity index (χ1) is 6.43. The average molecular weight is 271 g/mol. The molecule has 0 spiro atoms. The van der Waals surface area contributed by atoms with E-state index in [2.05, 4.69) is 20.9 Å². The van der Waals surface area contributed by atoms with Crippen LogP contribution >= 0.6 is 15.9 Å². The third-order valence-corrected chi connectivity index (χ3v) is 1.95. The molecule has 1 rings (SSSR count). The van der Waals surface area contributed by atoms with Crippen molar-refractivity contribution in [3.05, 3.63) is 32.2 Å². The lowest BCUT2D eigenvalue weighted by atomic mass is 10.3. The summed E-state index contributed by atoms with van der Waals surface area (Å²) < 4.78 is 36.8. The molecular formula is C6H2BrF3N2O2. The van der Waals surface area contributed by atoms with Gasteiger partial charge in [0.25, 0.3) is 0 Å². The molecule has 0 aliphatic rings. The van der Waals surface area contributed by atoms with Crippen molar-refractivity contribution in [3.63, 3.8) is 0 Å². The summed E-state index contributed by atoms with van der Waals surface area (Å²) in [5.41, 5.74) is -0.849. The molecule has 0 saturated heterocycles. The molecule has 0 N–H and O–H groups in total. The lowest BCUT2D eigenvalue weighted by molar-refractivity contribution is -0.392. The molecule has 0 atom stereocenters. The molecule has 0 aliphatic heterocycles. The van der Waals surface area contributed by atoms with E-state index >= 15 is 0 Å². The van der Waals surface area contributed by atoms with Crippen LogP contribution in [-0.2, 0) is 0 Å². The summed E-state index contributed by atoms with van der Waals surface area (Å²) in [6.07, 6.45) is -3.00. The molecule has 1 aromatic heterocycles. The van der Waals surface area contributed by atoms with Crippen molar-refractivity contribution >= 4 is 21.7 Å². The van der Waals surface area contributed by atoms with Crippen molar-refractivity contribution < 1.29 is 18.1 Å². The minimum Gasteiger partial charge on any atom is -0.358 e. The number of rotatable bonds is 2. The summed E-state index contributed by atoms with van der Waals surface area (Å²) in [7, 11) is 0. The highest BCUT2D eigenvalue weighted by molar-refractivity contribution is 9.10. The lowest BCUT2D eigenvalue weighted by Crippen LogP contribution is -2.01. The Kier molecular flexibility index (Phi) is 3.04. The SMILES string of the molecule is O=[N+]([O-])c1nc(C(F)F)c(Br)cc1F. The quantitative estimate of drug-likeness (QED) is 0.613. The van der Waals surface area contributed by atoms with E-state index in [4.69, 9.17) is 0 Å². The van der Waals surface area contributed by atoms with E-state index in [1.165, 1.54) is 0 Å². The monoisotopic (exact) mass is 270 g/mol. The van der Waals surface area contributed by atoms with Crippen LogP contribution < -0.4 is 0 Å². The van der Waals surface area contributed by atoms with Gasteiger partial charge in [-0.15, -0.1) is 0 Å². The summed E-state index contributed by atoms with van der Waals surface area (Å²) in [5, 5.41) is 10.2. The number of pyridine rings is 1. The summed E-state index contributed by atoms with van der Waals surface area (Å²) in [6.45, 7) is 0.